The lowest BCUT2D eigenvalue weighted by atomic mass is 9.77. The van der Waals surface area contributed by atoms with Crippen LogP contribution in [0, 0.1) is 5.82 Å². The highest BCUT2D eigenvalue weighted by atomic mass is 32.2. The zero-order chi connectivity index (χ0) is 22.8. The average molecular weight is 449 g/mol. The molecule has 0 aliphatic heterocycles. The van der Waals surface area contributed by atoms with E-state index in [4.69, 9.17) is 5.73 Å². The number of hydrogen-bond acceptors (Lipinski definition) is 6. The highest BCUT2D eigenvalue weighted by Gasteiger charge is 2.29. The molecule has 0 fully saturated rings. The molecule has 168 valence electrons. The quantitative estimate of drug-likeness (QED) is 0.247. The smallest absolute Gasteiger partial charge is 0.426 e. The van der Waals surface area contributed by atoms with E-state index in [1.54, 1.807) is 24.3 Å². The molecule has 0 aromatic heterocycles. The number of amides is 2. The summed E-state index contributed by atoms with van der Waals surface area (Å²) in [5, 5.41) is 25.3. The number of nitrogens with one attached hydrogen (secondary N) is 2. The molecule has 0 heterocycles. The lowest BCUT2D eigenvalue weighted by Gasteiger charge is -2.23. The molecule has 2 aromatic carbocycles. The van der Waals surface area contributed by atoms with Gasteiger partial charge in [-0.3, -0.25) is 9.59 Å². The van der Waals surface area contributed by atoms with Gasteiger partial charge in [0.1, 0.15) is 11.9 Å². The van der Waals surface area contributed by atoms with Crippen molar-refractivity contribution in [2.24, 2.45) is 5.73 Å². The molecule has 31 heavy (non-hydrogen) atoms. The van der Waals surface area contributed by atoms with Crippen LogP contribution in [0.25, 0.3) is 10.8 Å². The van der Waals surface area contributed by atoms with Crippen LogP contribution < -0.4 is 16.4 Å². The third-order valence-corrected chi connectivity index (χ3v) is 5.65. The van der Waals surface area contributed by atoms with E-state index in [1.807, 2.05) is 6.26 Å². The molecule has 0 bridgehead atoms. The van der Waals surface area contributed by atoms with Gasteiger partial charge in [-0.25, -0.2) is 4.39 Å². The Morgan fingerprint density at radius 1 is 1.10 bits per heavy atom. The Morgan fingerprint density at radius 2 is 1.81 bits per heavy atom. The first kappa shape index (κ1) is 25.1. The SMILES string of the molecule is CSCC[C@H](NC(=O)[C@H](CCCCN)NC(=O)c1ccc(F)c2ccccc12)B(O)O. The summed E-state index contributed by atoms with van der Waals surface area (Å²) in [5.74, 6) is -1.65. The number of nitrogens with two attached hydrogens (primary N) is 1. The Labute approximate surface area is 186 Å². The van der Waals surface area contributed by atoms with Crippen molar-refractivity contribution >= 4 is 41.5 Å². The number of rotatable bonds is 12. The van der Waals surface area contributed by atoms with Gasteiger partial charge in [-0.2, -0.15) is 11.8 Å². The topological polar surface area (TPSA) is 125 Å². The molecule has 6 N–H and O–H groups in total. The van der Waals surface area contributed by atoms with E-state index >= 15 is 0 Å². The normalized spacial score (nSPS) is 12.9. The fourth-order valence-corrected chi connectivity index (χ4v) is 3.77. The second kappa shape index (κ2) is 12.7. The van der Waals surface area contributed by atoms with Gasteiger partial charge in [0, 0.05) is 10.9 Å². The van der Waals surface area contributed by atoms with Crippen molar-refractivity contribution in [3.05, 3.63) is 47.8 Å². The minimum absolute atomic E-state index is 0.259. The van der Waals surface area contributed by atoms with Crippen LogP contribution in [0.5, 0.6) is 0 Å². The first-order chi connectivity index (χ1) is 14.9. The average Bonchev–Trinajstić information content (AvgIpc) is 2.76. The van der Waals surface area contributed by atoms with Gasteiger partial charge in [-0.05, 0) is 61.8 Å². The number of halogens is 1. The lowest BCUT2D eigenvalue weighted by Crippen LogP contribution is -2.54. The fourth-order valence-electron chi connectivity index (χ4n) is 3.28. The molecule has 0 spiro atoms. The van der Waals surface area contributed by atoms with Crippen LogP contribution in [0.1, 0.15) is 36.0 Å². The van der Waals surface area contributed by atoms with Gasteiger partial charge in [0.2, 0.25) is 5.91 Å². The van der Waals surface area contributed by atoms with Crippen LogP contribution in [-0.2, 0) is 4.79 Å². The summed E-state index contributed by atoms with van der Waals surface area (Å²) in [6.45, 7) is 0.455. The van der Waals surface area contributed by atoms with Crippen molar-refractivity contribution in [2.45, 2.75) is 37.7 Å². The molecule has 0 saturated carbocycles. The first-order valence-electron chi connectivity index (χ1n) is 10.2. The van der Waals surface area contributed by atoms with Gasteiger partial charge >= 0.3 is 7.12 Å². The zero-order valence-electron chi connectivity index (χ0n) is 17.5. The van der Waals surface area contributed by atoms with E-state index in [-0.39, 0.29) is 5.56 Å². The molecule has 2 atom stereocenters. The second-order valence-electron chi connectivity index (χ2n) is 7.26. The van der Waals surface area contributed by atoms with Crippen molar-refractivity contribution in [3.8, 4) is 0 Å². The van der Waals surface area contributed by atoms with Gasteiger partial charge in [0.15, 0.2) is 0 Å². The van der Waals surface area contributed by atoms with E-state index in [0.717, 1.165) is 0 Å². The number of unbranched alkanes of at least 4 members (excludes halogenated alkanes) is 1. The van der Waals surface area contributed by atoms with E-state index in [9.17, 15) is 24.0 Å². The van der Waals surface area contributed by atoms with E-state index in [1.165, 1.54) is 23.9 Å². The fraction of sp³-hybridized carbons (Fsp3) is 0.429. The maximum Gasteiger partial charge on any atom is 0.475 e. The lowest BCUT2D eigenvalue weighted by molar-refractivity contribution is -0.123. The molecule has 0 unspecified atom stereocenters. The molecule has 10 heteroatoms. The third-order valence-electron chi connectivity index (χ3n) is 5.00. The van der Waals surface area contributed by atoms with Crippen LogP contribution >= 0.6 is 11.8 Å². The Bertz CT molecular complexity index is 887. The summed E-state index contributed by atoms with van der Waals surface area (Å²) in [5.41, 5.74) is 5.80. The molecule has 0 aliphatic rings. The molecule has 0 radical (unpaired) electrons. The van der Waals surface area contributed by atoms with Crippen molar-refractivity contribution in [1.82, 2.24) is 10.6 Å². The minimum atomic E-state index is -1.71. The van der Waals surface area contributed by atoms with Gasteiger partial charge in [-0.1, -0.05) is 24.3 Å². The summed E-state index contributed by atoms with van der Waals surface area (Å²) in [6, 6.07) is 8.36. The summed E-state index contributed by atoms with van der Waals surface area (Å²) >= 11 is 1.52. The predicted octanol–water partition coefficient (Wildman–Crippen LogP) is 1.46. The number of fused-ring (bicyclic) bond motifs is 1. The maximum atomic E-state index is 14.1. The highest BCUT2D eigenvalue weighted by Crippen LogP contribution is 2.22. The maximum absolute atomic E-state index is 14.1. The molecule has 7 nitrogen and oxygen atoms in total. The van der Waals surface area contributed by atoms with Crippen molar-refractivity contribution in [2.75, 3.05) is 18.6 Å². The van der Waals surface area contributed by atoms with E-state index in [0.29, 0.717) is 48.8 Å². The molecule has 0 aliphatic carbocycles. The molecule has 2 amide bonds. The molecular formula is C21H29BFN3O4S. The van der Waals surface area contributed by atoms with Crippen LogP contribution in [0.3, 0.4) is 0 Å². The predicted molar refractivity (Wildman–Crippen MR) is 123 cm³/mol. The summed E-state index contributed by atoms with van der Waals surface area (Å²) in [7, 11) is -1.71. The van der Waals surface area contributed by atoms with Crippen LogP contribution in [0.4, 0.5) is 4.39 Å². The number of thioether (sulfide) groups is 1. The van der Waals surface area contributed by atoms with E-state index in [2.05, 4.69) is 10.6 Å². The van der Waals surface area contributed by atoms with Gasteiger partial charge in [0.25, 0.3) is 5.91 Å². The van der Waals surface area contributed by atoms with Crippen molar-refractivity contribution in [3.63, 3.8) is 0 Å². The summed E-state index contributed by atoms with van der Waals surface area (Å²) in [4.78, 5) is 25.8. The standard InChI is InChI=1S/C21H29BFN3O4S/c1-31-13-11-19(22(29)30)26-21(28)18(8-4-5-12-24)25-20(27)16-9-10-17(23)15-7-3-2-6-14(15)16/h2-3,6-7,9-10,18-19,29-30H,4-5,8,11-13,24H2,1H3,(H,25,27)(H,26,28)/t18-,19-/m0/s1. The second-order valence-corrected chi connectivity index (χ2v) is 8.25. The van der Waals surface area contributed by atoms with Gasteiger partial charge < -0.3 is 26.4 Å². The molecular weight excluding hydrogens is 420 g/mol. The van der Waals surface area contributed by atoms with Gasteiger partial charge in [-0.15, -0.1) is 0 Å². The number of hydrogen-bond donors (Lipinski definition) is 5. The number of carbonyl (C=O) groups excluding carboxylic acids is 2. The van der Waals surface area contributed by atoms with Crippen LogP contribution in [0.2, 0.25) is 0 Å². The highest BCUT2D eigenvalue weighted by molar-refractivity contribution is 7.98. The first-order valence-corrected chi connectivity index (χ1v) is 11.6. The van der Waals surface area contributed by atoms with Crippen LogP contribution in [0.15, 0.2) is 36.4 Å². The number of benzene rings is 2. The number of carbonyl (C=O) groups is 2. The Hall–Kier alpha value is -2.14. The monoisotopic (exact) mass is 449 g/mol. The zero-order valence-corrected chi connectivity index (χ0v) is 18.3. The Kier molecular flexibility index (Phi) is 10.3. The Balaban J connectivity index is 2.21. The molecule has 0 saturated heterocycles. The minimum Gasteiger partial charge on any atom is -0.426 e. The van der Waals surface area contributed by atoms with Gasteiger partial charge in [0.05, 0.1) is 5.94 Å². The largest absolute Gasteiger partial charge is 0.475 e. The Morgan fingerprint density at radius 3 is 2.45 bits per heavy atom. The molecule has 2 rings (SSSR count). The van der Waals surface area contributed by atoms with E-state index < -0.39 is 36.7 Å². The molecule has 2 aromatic rings. The van der Waals surface area contributed by atoms with Crippen molar-refractivity contribution < 1.29 is 24.0 Å². The van der Waals surface area contributed by atoms with Crippen LogP contribution in [-0.4, -0.2) is 59.5 Å². The summed E-state index contributed by atoms with van der Waals surface area (Å²) < 4.78 is 14.1. The van der Waals surface area contributed by atoms with Crippen molar-refractivity contribution in [1.29, 1.82) is 0 Å². The third kappa shape index (κ3) is 7.21. The summed E-state index contributed by atoms with van der Waals surface area (Å²) in [6.07, 6.45) is 3.88.